The van der Waals surface area contributed by atoms with E-state index >= 15 is 0 Å². The Balaban J connectivity index is 2.65. The number of carbonyl (C=O) groups excluding carboxylic acids is 2. The molecule has 0 saturated carbocycles. The second-order valence-corrected chi connectivity index (χ2v) is 4.64. The molecule has 0 aromatic rings. The Morgan fingerprint density at radius 1 is 1.59 bits per heavy atom. The van der Waals surface area contributed by atoms with Gasteiger partial charge in [-0.15, -0.1) is 0 Å². The minimum Gasteiger partial charge on any atom is -0.393 e. The average Bonchev–Trinajstić information content (AvgIpc) is 2.49. The molecule has 2 amide bonds. The number of nitrogens with two attached hydrogens (primary N) is 1. The lowest BCUT2D eigenvalue weighted by molar-refractivity contribution is -0.133. The molecule has 0 radical (unpaired) electrons. The van der Waals surface area contributed by atoms with E-state index in [1.54, 1.807) is 4.90 Å². The lowest BCUT2D eigenvalue weighted by Crippen LogP contribution is -2.42. The second kappa shape index (κ2) is 6.54. The first kappa shape index (κ1) is 13.9. The highest BCUT2D eigenvalue weighted by Gasteiger charge is 2.27. The summed E-state index contributed by atoms with van der Waals surface area (Å²) in [6, 6.07) is 0. The highest BCUT2D eigenvalue weighted by molar-refractivity contribution is 7.80. The largest absolute Gasteiger partial charge is 0.393 e. The molecule has 1 aliphatic rings. The molecule has 96 valence electrons. The van der Waals surface area contributed by atoms with Crippen molar-refractivity contribution in [2.24, 2.45) is 11.7 Å². The van der Waals surface area contributed by atoms with Crippen LogP contribution in [0.1, 0.15) is 26.2 Å². The smallest absolute Gasteiger partial charge is 0.232 e. The van der Waals surface area contributed by atoms with Crippen LogP contribution in [-0.2, 0) is 9.59 Å². The van der Waals surface area contributed by atoms with Crippen molar-refractivity contribution in [2.45, 2.75) is 26.2 Å². The summed E-state index contributed by atoms with van der Waals surface area (Å²) in [6.45, 7) is 3.48. The fourth-order valence-corrected chi connectivity index (χ4v) is 2.10. The summed E-state index contributed by atoms with van der Waals surface area (Å²) in [4.78, 5) is 25.3. The maximum atomic E-state index is 12.2. The summed E-state index contributed by atoms with van der Waals surface area (Å²) < 4.78 is 0. The highest BCUT2D eigenvalue weighted by Crippen LogP contribution is 2.12. The molecule has 3 N–H and O–H groups in total. The topological polar surface area (TPSA) is 75.4 Å². The molecule has 6 heteroatoms. The van der Waals surface area contributed by atoms with Crippen LogP contribution in [0.15, 0.2) is 0 Å². The molecule has 0 aromatic heterocycles. The van der Waals surface area contributed by atoms with Crippen molar-refractivity contribution >= 4 is 29.0 Å². The van der Waals surface area contributed by atoms with Gasteiger partial charge >= 0.3 is 0 Å². The fraction of sp³-hybridized carbons (Fsp3) is 0.727. The molecular formula is C11H19N3O2S. The number of hydrogen-bond donors (Lipinski definition) is 2. The number of nitrogens with one attached hydrogen (secondary N) is 1. The van der Waals surface area contributed by atoms with Gasteiger partial charge in [-0.25, -0.2) is 0 Å². The summed E-state index contributed by atoms with van der Waals surface area (Å²) in [5.74, 6) is -0.443. The van der Waals surface area contributed by atoms with Gasteiger partial charge in [0.2, 0.25) is 11.8 Å². The third kappa shape index (κ3) is 3.96. The Labute approximate surface area is 107 Å². The maximum absolute atomic E-state index is 12.2. The number of carbonyl (C=O) groups is 2. The first-order chi connectivity index (χ1) is 8.06. The number of nitrogens with zero attached hydrogens (tertiary/aromatic N) is 1. The van der Waals surface area contributed by atoms with Crippen LogP contribution in [0, 0.1) is 5.92 Å². The van der Waals surface area contributed by atoms with E-state index in [0.29, 0.717) is 32.5 Å². The zero-order valence-corrected chi connectivity index (χ0v) is 10.9. The van der Waals surface area contributed by atoms with Gasteiger partial charge in [0.1, 0.15) is 0 Å². The van der Waals surface area contributed by atoms with Crippen LogP contribution in [0.5, 0.6) is 0 Å². The van der Waals surface area contributed by atoms with Crippen LogP contribution < -0.4 is 11.1 Å². The molecule has 17 heavy (non-hydrogen) atoms. The third-order valence-corrected chi connectivity index (χ3v) is 3.13. The molecule has 0 aliphatic carbocycles. The third-order valence-electron chi connectivity index (χ3n) is 2.84. The molecule has 1 fully saturated rings. The summed E-state index contributed by atoms with van der Waals surface area (Å²) in [5.41, 5.74) is 5.60. The van der Waals surface area contributed by atoms with E-state index < -0.39 is 0 Å². The molecule has 1 aliphatic heterocycles. The number of hydrogen-bond acceptors (Lipinski definition) is 3. The predicted molar refractivity (Wildman–Crippen MR) is 69.4 cm³/mol. The van der Waals surface area contributed by atoms with Crippen molar-refractivity contribution in [2.75, 3.05) is 19.6 Å². The monoisotopic (exact) mass is 257 g/mol. The van der Waals surface area contributed by atoms with Gasteiger partial charge in [0.25, 0.3) is 0 Å². The van der Waals surface area contributed by atoms with Crippen molar-refractivity contribution in [1.29, 1.82) is 0 Å². The second-order valence-electron chi connectivity index (χ2n) is 4.17. The van der Waals surface area contributed by atoms with Crippen LogP contribution in [0.3, 0.4) is 0 Å². The van der Waals surface area contributed by atoms with Gasteiger partial charge < -0.3 is 16.0 Å². The molecule has 1 atom stereocenters. The number of rotatable bonds is 4. The van der Waals surface area contributed by atoms with Crippen molar-refractivity contribution in [3.8, 4) is 0 Å². The Morgan fingerprint density at radius 3 is 2.88 bits per heavy atom. The summed E-state index contributed by atoms with van der Waals surface area (Å²) in [5, 5.41) is 2.73. The average molecular weight is 257 g/mol. The Hall–Kier alpha value is -1.17. The SMILES string of the molecule is CCCC(C(=O)N1CCNC(=O)CC1)C(N)=S. The van der Waals surface area contributed by atoms with Crippen LogP contribution in [0.4, 0.5) is 0 Å². The van der Waals surface area contributed by atoms with Crippen LogP contribution in [-0.4, -0.2) is 41.3 Å². The Bertz CT molecular complexity index is 320. The lowest BCUT2D eigenvalue weighted by atomic mass is 10.0. The molecular weight excluding hydrogens is 238 g/mol. The van der Waals surface area contributed by atoms with Gasteiger partial charge in [-0.3, -0.25) is 9.59 Å². The Kier molecular flexibility index (Phi) is 5.34. The quantitative estimate of drug-likeness (QED) is 0.697. The first-order valence-electron chi connectivity index (χ1n) is 5.91. The molecule has 1 saturated heterocycles. The highest BCUT2D eigenvalue weighted by atomic mass is 32.1. The van der Waals surface area contributed by atoms with Crippen molar-refractivity contribution in [1.82, 2.24) is 10.2 Å². The van der Waals surface area contributed by atoms with Crippen molar-refractivity contribution in [3.05, 3.63) is 0 Å². The molecule has 1 heterocycles. The summed E-state index contributed by atoms with van der Waals surface area (Å²) in [7, 11) is 0. The molecule has 0 bridgehead atoms. The van der Waals surface area contributed by atoms with Gasteiger partial charge in [-0.05, 0) is 6.42 Å². The van der Waals surface area contributed by atoms with Crippen molar-refractivity contribution < 1.29 is 9.59 Å². The molecule has 1 unspecified atom stereocenters. The maximum Gasteiger partial charge on any atom is 0.232 e. The Morgan fingerprint density at radius 2 is 2.29 bits per heavy atom. The molecule has 0 aromatic carbocycles. The van der Waals surface area contributed by atoms with E-state index in [1.807, 2.05) is 6.92 Å². The zero-order chi connectivity index (χ0) is 12.8. The summed E-state index contributed by atoms with van der Waals surface area (Å²) >= 11 is 4.93. The normalized spacial score (nSPS) is 18.2. The van der Waals surface area contributed by atoms with E-state index in [2.05, 4.69) is 5.32 Å². The van der Waals surface area contributed by atoms with E-state index in [1.165, 1.54) is 0 Å². The van der Waals surface area contributed by atoms with E-state index in [-0.39, 0.29) is 22.7 Å². The number of amides is 2. The molecule has 1 rings (SSSR count). The first-order valence-corrected chi connectivity index (χ1v) is 6.32. The van der Waals surface area contributed by atoms with Crippen molar-refractivity contribution in [3.63, 3.8) is 0 Å². The van der Waals surface area contributed by atoms with E-state index in [0.717, 1.165) is 6.42 Å². The number of thiocarbonyl (C=S) groups is 1. The van der Waals surface area contributed by atoms with Gasteiger partial charge in [0.15, 0.2) is 0 Å². The van der Waals surface area contributed by atoms with Crippen LogP contribution in [0.25, 0.3) is 0 Å². The molecule has 5 nitrogen and oxygen atoms in total. The minimum absolute atomic E-state index is 0.0114. The fourth-order valence-electron chi connectivity index (χ4n) is 1.88. The van der Waals surface area contributed by atoms with Crippen LogP contribution >= 0.6 is 12.2 Å². The predicted octanol–water partition coefficient (Wildman–Crippen LogP) is 0.0373. The zero-order valence-electron chi connectivity index (χ0n) is 10.1. The van der Waals surface area contributed by atoms with Crippen LogP contribution in [0.2, 0.25) is 0 Å². The van der Waals surface area contributed by atoms with E-state index in [4.69, 9.17) is 18.0 Å². The standard InChI is InChI=1S/C11H19N3O2S/c1-2-3-8(10(12)17)11(16)14-6-4-9(15)13-5-7-14/h8H,2-7H2,1H3,(H2,12,17)(H,13,15). The lowest BCUT2D eigenvalue weighted by Gasteiger charge is -2.24. The molecule has 0 spiro atoms. The van der Waals surface area contributed by atoms with Gasteiger partial charge in [-0.1, -0.05) is 25.6 Å². The van der Waals surface area contributed by atoms with Gasteiger partial charge in [0.05, 0.1) is 10.9 Å². The minimum atomic E-state index is -0.386. The van der Waals surface area contributed by atoms with Gasteiger partial charge in [-0.2, -0.15) is 0 Å². The summed E-state index contributed by atoms with van der Waals surface area (Å²) in [6.07, 6.45) is 1.88. The van der Waals surface area contributed by atoms with E-state index in [9.17, 15) is 9.59 Å². The van der Waals surface area contributed by atoms with Gasteiger partial charge in [0, 0.05) is 26.1 Å².